The molecule has 2 aromatic rings. The average Bonchev–Trinajstić information content (AvgIpc) is 3.16. The summed E-state index contributed by atoms with van der Waals surface area (Å²) in [5, 5.41) is 0. The highest BCUT2D eigenvalue weighted by Crippen LogP contribution is 2.24. The summed E-state index contributed by atoms with van der Waals surface area (Å²) in [4.78, 5) is 7.81. The monoisotopic (exact) mass is 383 g/mol. The Hall–Kier alpha value is -1.82. The summed E-state index contributed by atoms with van der Waals surface area (Å²) in [5.74, 6) is 1.97. The maximum absolute atomic E-state index is 5.89. The Morgan fingerprint density at radius 2 is 1.79 bits per heavy atom. The standard InChI is InChI=1S/C23H33N3O2/c1-19-6-3-4-8-23(19)26-14-12-25(13-15-26)20-7-5-11-24(16-20)17-21-9-10-22(28-21)18-27-2/h3-4,6,8-10,20H,5,7,11-18H2,1-2H3/t20-/m0/s1. The summed E-state index contributed by atoms with van der Waals surface area (Å²) in [6, 6.07) is 13.6. The van der Waals surface area contributed by atoms with Crippen molar-refractivity contribution in [2.24, 2.45) is 0 Å². The molecule has 2 aliphatic heterocycles. The predicted molar refractivity (Wildman–Crippen MR) is 113 cm³/mol. The smallest absolute Gasteiger partial charge is 0.129 e. The fourth-order valence-electron chi connectivity index (χ4n) is 4.67. The number of para-hydroxylation sites is 1. The number of nitrogens with zero attached hydrogens (tertiary/aromatic N) is 3. The molecule has 2 fully saturated rings. The fraction of sp³-hybridized carbons (Fsp3) is 0.565. The number of piperazine rings is 1. The van der Waals surface area contributed by atoms with E-state index in [0.29, 0.717) is 12.6 Å². The molecule has 28 heavy (non-hydrogen) atoms. The second kappa shape index (κ2) is 9.12. The first-order chi connectivity index (χ1) is 13.7. The zero-order valence-electron chi connectivity index (χ0n) is 17.3. The Morgan fingerprint density at radius 3 is 2.57 bits per heavy atom. The van der Waals surface area contributed by atoms with Gasteiger partial charge in [0, 0.05) is 51.6 Å². The number of hydrogen-bond donors (Lipinski definition) is 0. The topological polar surface area (TPSA) is 32.1 Å². The Labute approximate surface area is 168 Å². The van der Waals surface area contributed by atoms with Crippen molar-refractivity contribution in [2.75, 3.05) is 51.3 Å². The number of rotatable bonds is 6. The van der Waals surface area contributed by atoms with Crippen LogP contribution in [0.2, 0.25) is 0 Å². The van der Waals surface area contributed by atoms with Crippen LogP contribution in [-0.2, 0) is 17.9 Å². The molecule has 0 saturated carbocycles. The Bertz CT molecular complexity index is 752. The molecule has 4 rings (SSSR count). The fourth-order valence-corrected chi connectivity index (χ4v) is 4.67. The maximum Gasteiger partial charge on any atom is 0.129 e. The summed E-state index contributed by atoms with van der Waals surface area (Å²) in [6.45, 7) is 10.5. The van der Waals surface area contributed by atoms with Crippen molar-refractivity contribution in [2.45, 2.75) is 39.0 Å². The first-order valence-corrected chi connectivity index (χ1v) is 10.6. The quantitative estimate of drug-likeness (QED) is 0.762. The van der Waals surface area contributed by atoms with E-state index < -0.39 is 0 Å². The molecule has 1 atom stereocenters. The van der Waals surface area contributed by atoms with Crippen molar-refractivity contribution in [1.29, 1.82) is 0 Å². The maximum atomic E-state index is 5.89. The Morgan fingerprint density at radius 1 is 1.00 bits per heavy atom. The van der Waals surface area contributed by atoms with Crippen molar-refractivity contribution in [3.63, 3.8) is 0 Å². The van der Waals surface area contributed by atoms with Gasteiger partial charge in [0.05, 0.1) is 6.54 Å². The van der Waals surface area contributed by atoms with Gasteiger partial charge >= 0.3 is 0 Å². The van der Waals surface area contributed by atoms with Crippen LogP contribution in [0.1, 0.15) is 29.9 Å². The van der Waals surface area contributed by atoms with Gasteiger partial charge in [0.15, 0.2) is 0 Å². The highest BCUT2D eigenvalue weighted by molar-refractivity contribution is 5.53. The van der Waals surface area contributed by atoms with Crippen LogP contribution in [0.3, 0.4) is 0 Å². The number of hydrogen-bond acceptors (Lipinski definition) is 5. The van der Waals surface area contributed by atoms with Gasteiger partial charge in [-0.1, -0.05) is 18.2 Å². The Balaban J connectivity index is 1.29. The van der Waals surface area contributed by atoms with Crippen molar-refractivity contribution in [3.05, 3.63) is 53.5 Å². The van der Waals surface area contributed by atoms with Crippen LogP contribution in [0, 0.1) is 6.92 Å². The van der Waals surface area contributed by atoms with Gasteiger partial charge in [-0.25, -0.2) is 0 Å². The summed E-state index contributed by atoms with van der Waals surface area (Å²) in [6.07, 6.45) is 2.59. The zero-order valence-corrected chi connectivity index (χ0v) is 17.3. The molecular formula is C23H33N3O2. The third-order valence-corrected chi connectivity index (χ3v) is 6.15. The molecule has 2 saturated heterocycles. The molecule has 0 unspecified atom stereocenters. The van der Waals surface area contributed by atoms with E-state index >= 15 is 0 Å². The molecule has 2 aliphatic rings. The van der Waals surface area contributed by atoms with Crippen molar-refractivity contribution in [3.8, 4) is 0 Å². The number of methoxy groups -OCH3 is 1. The van der Waals surface area contributed by atoms with Gasteiger partial charge in [-0.15, -0.1) is 0 Å². The van der Waals surface area contributed by atoms with Crippen LogP contribution < -0.4 is 4.90 Å². The second-order valence-corrected chi connectivity index (χ2v) is 8.14. The van der Waals surface area contributed by atoms with Crippen LogP contribution in [0.5, 0.6) is 0 Å². The molecule has 0 radical (unpaired) electrons. The number of aryl methyl sites for hydroxylation is 1. The molecule has 5 nitrogen and oxygen atoms in total. The molecule has 0 spiro atoms. The minimum atomic E-state index is 0.549. The van der Waals surface area contributed by atoms with Gasteiger partial charge in [0.1, 0.15) is 18.1 Å². The minimum absolute atomic E-state index is 0.549. The van der Waals surface area contributed by atoms with Gasteiger partial charge in [0.25, 0.3) is 0 Å². The predicted octanol–water partition coefficient (Wildman–Crippen LogP) is 3.52. The summed E-state index contributed by atoms with van der Waals surface area (Å²) < 4.78 is 11.1. The van der Waals surface area contributed by atoms with E-state index in [0.717, 1.165) is 50.8 Å². The molecule has 3 heterocycles. The van der Waals surface area contributed by atoms with Crippen LogP contribution in [0.15, 0.2) is 40.8 Å². The highest BCUT2D eigenvalue weighted by Gasteiger charge is 2.28. The van der Waals surface area contributed by atoms with Crippen molar-refractivity contribution >= 4 is 5.69 Å². The van der Waals surface area contributed by atoms with E-state index in [1.54, 1.807) is 7.11 Å². The molecule has 0 aliphatic carbocycles. The highest BCUT2D eigenvalue weighted by atomic mass is 16.5. The van der Waals surface area contributed by atoms with E-state index in [4.69, 9.17) is 9.15 Å². The number of piperidine rings is 1. The second-order valence-electron chi connectivity index (χ2n) is 8.14. The van der Waals surface area contributed by atoms with Crippen molar-refractivity contribution < 1.29 is 9.15 Å². The third kappa shape index (κ3) is 4.59. The lowest BCUT2D eigenvalue weighted by molar-refractivity contribution is 0.0837. The lowest BCUT2D eigenvalue weighted by atomic mass is 10.0. The van der Waals surface area contributed by atoms with E-state index in [2.05, 4.69) is 52.0 Å². The molecule has 5 heteroatoms. The third-order valence-electron chi connectivity index (χ3n) is 6.15. The van der Waals surface area contributed by atoms with Gasteiger partial charge < -0.3 is 14.1 Å². The number of furan rings is 1. The molecule has 1 aromatic carbocycles. The molecule has 0 bridgehead atoms. The van der Waals surface area contributed by atoms with E-state index in [-0.39, 0.29) is 0 Å². The number of ether oxygens (including phenoxy) is 1. The van der Waals surface area contributed by atoms with Gasteiger partial charge in [-0.3, -0.25) is 9.80 Å². The van der Waals surface area contributed by atoms with Gasteiger partial charge in [0.2, 0.25) is 0 Å². The van der Waals surface area contributed by atoms with E-state index in [1.807, 2.05) is 6.07 Å². The Kier molecular flexibility index (Phi) is 6.35. The first kappa shape index (κ1) is 19.5. The summed E-state index contributed by atoms with van der Waals surface area (Å²) in [5.41, 5.74) is 2.78. The van der Waals surface area contributed by atoms with Gasteiger partial charge in [-0.05, 0) is 50.1 Å². The molecule has 0 amide bonds. The zero-order chi connectivity index (χ0) is 19.3. The lowest BCUT2D eigenvalue weighted by Crippen LogP contribution is -2.55. The van der Waals surface area contributed by atoms with Crippen LogP contribution in [0.4, 0.5) is 5.69 Å². The summed E-state index contributed by atoms with van der Waals surface area (Å²) >= 11 is 0. The van der Waals surface area contributed by atoms with Crippen LogP contribution >= 0.6 is 0 Å². The SMILES string of the molecule is COCc1ccc(CN2CCC[C@H](N3CCN(c4ccccc4C)CC3)C2)o1. The normalized spacial score (nSPS) is 21.9. The van der Waals surface area contributed by atoms with Crippen LogP contribution in [0.25, 0.3) is 0 Å². The van der Waals surface area contributed by atoms with E-state index in [1.165, 1.54) is 30.6 Å². The first-order valence-electron chi connectivity index (χ1n) is 10.6. The molecular weight excluding hydrogens is 350 g/mol. The lowest BCUT2D eigenvalue weighted by Gasteiger charge is -2.44. The largest absolute Gasteiger partial charge is 0.462 e. The van der Waals surface area contributed by atoms with E-state index in [9.17, 15) is 0 Å². The minimum Gasteiger partial charge on any atom is -0.462 e. The van der Waals surface area contributed by atoms with Crippen LogP contribution in [-0.4, -0.2) is 62.2 Å². The average molecular weight is 384 g/mol. The molecule has 1 aromatic heterocycles. The number of likely N-dealkylation sites (tertiary alicyclic amines) is 1. The summed E-state index contributed by atoms with van der Waals surface area (Å²) in [7, 11) is 1.70. The van der Waals surface area contributed by atoms with Crippen molar-refractivity contribution in [1.82, 2.24) is 9.80 Å². The van der Waals surface area contributed by atoms with Gasteiger partial charge in [-0.2, -0.15) is 0 Å². The number of anilines is 1. The molecule has 152 valence electrons. The number of benzene rings is 1. The molecule has 0 N–H and O–H groups in total.